The summed E-state index contributed by atoms with van der Waals surface area (Å²) < 4.78 is 12.3. The Balaban J connectivity index is 1.38. The predicted molar refractivity (Wildman–Crippen MR) is 147 cm³/mol. The van der Waals surface area contributed by atoms with E-state index in [0.29, 0.717) is 23.3 Å². The molecule has 0 atom stereocenters. The molecule has 0 fully saturated rings. The molecule has 3 aromatic carbocycles. The highest BCUT2D eigenvalue weighted by atomic mass is 16.5. The SMILES string of the molecule is C#CN1C(=CC=Nc2cccc(C)c2)Oc2cc3c(cc21)OC(=CC=Nc1cccc(C)c1)N3CC. The molecule has 0 N–H and O–H groups in total. The third kappa shape index (κ3) is 4.59. The Bertz CT molecular complexity index is 1480. The molecule has 3 aromatic rings. The first-order valence-corrected chi connectivity index (χ1v) is 11.8. The maximum Gasteiger partial charge on any atom is 0.214 e. The number of aliphatic imine (C=N–C) groups is 2. The summed E-state index contributed by atoms with van der Waals surface area (Å²) in [5.74, 6) is 2.58. The number of hydrogen-bond donors (Lipinski definition) is 0. The van der Waals surface area contributed by atoms with Crippen molar-refractivity contribution < 1.29 is 9.47 Å². The van der Waals surface area contributed by atoms with Crippen LogP contribution in [0.1, 0.15) is 18.1 Å². The second-order valence-electron chi connectivity index (χ2n) is 8.44. The Morgan fingerprint density at radius 1 is 0.806 bits per heavy atom. The Labute approximate surface area is 211 Å². The number of aryl methyl sites for hydroxylation is 2. The number of terminal acetylenes is 1. The van der Waals surface area contributed by atoms with Gasteiger partial charge in [0.1, 0.15) is 5.69 Å². The monoisotopic (exact) mass is 474 g/mol. The minimum absolute atomic E-state index is 0.511. The Hall–Kier alpha value is -4.76. The molecule has 6 heteroatoms. The van der Waals surface area contributed by atoms with Gasteiger partial charge in [-0.15, -0.1) is 0 Å². The lowest BCUT2D eigenvalue weighted by molar-refractivity contribution is 0.440. The van der Waals surface area contributed by atoms with Crippen LogP contribution in [0, 0.1) is 26.3 Å². The smallest absolute Gasteiger partial charge is 0.214 e. The van der Waals surface area contributed by atoms with E-state index in [2.05, 4.69) is 27.9 Å². The van der Waals surface area contributed by atoms with E-state index in [1.807, 2.05) is 80.6 Å². The van der Waals surface area contributed by atoms with Gasteiger partial charge < -0.3 is 14.4 Å². The van der Waals surface area contributed by atoms with E-state index in [4.69, 9.17) is 15.9 Å². The van der Waals surface area contributed by atoms with Gasteiger partial charge in [0.2, 0.25) is 11.8 Å². The van der Waals surface area contributed by atoms with Crippen molar-refractivity contribution in [2.75, 3.05) is 16.3 Å². The molecule has 0 radical (unpaired) electrons. The number of hydrogen-bond acceptors (Lipinski definition) is 6. The van der Waals surface area contributed by atoms with Gasteiger partial charge in [0.25, 0.3) is 0 Å². The van der Waals surface area contributed by atoms with Crippen LogP contribution >= 0.6 is 0 Å². The molecule has 178 valence electrons. The van der Waals surface area contributed by atoms with Crippen LogP contribution in [0.15, 0.2) is 94.6 Å². The lowest BCUT2D eigenvalue weighted by Crippen LogP contribution is -2.19. The first kappa shape index (κ1) is 23.0. The van der Waals surface area contributed by atoms with Crippen molar-refractivity contribution in [2.45, 2.75) is 20.8 Å². The van der Waals surface area contributed by atoms with E-state index in [-0.39, 0.29) is 0 Å². The molecule has 2 heterocycles. The fourth-order valence-electron chi connectivity index (χ4n) is 4.13. The van der Waals surface area contributed by atoms with Gasteiger partial charge >= 0.3 is 0 Å². The van der Waals surface area contributed by atoms with Crippen LogP contribution in [0.25, 0.3) is 0 Å². The van der Waals surface area contributed by atoms with Gasteiger partial charge in [-0.25, -0.2) is 4.90 Å². The lowest BCUT2D eigenvalue weighted by Gasteiger charge is -2.15. The molecular weight excluding hydrogens is 448 g/mol. The molecule has 0 aliphatic carbocycles. The average Bonchev–Trinajstić information content (AvgIpc) is 3.38. The average molecular weight is 475 g/mol. The van der Waals surface area contributed by atoms with Crippen LogP contribution in [0.5, 0.6) is 11.5 Å². The third-order valence-corrected chi connectivity index (χ3v) is 5.82. The molecule has 2 aliphatic heterocycles. The quantitative estimate of drug-likeness (QED) is 0.301. The highest BCUT2D eigenvalue weighted by Gasteiger charge is 2.32. The summed E-state index contributed by atoms with van der Waals surface area (Å²) in [6.45, 7) is 6.87. The van der Waals surface area contributed by atoms with Gasteiger partial charge in [-0.2, -0.15) is 0 Å². The number of allylic oxidation sites excluding steroid dienone is 2. The summed E-state index contributed by atoms with van der Waals surface area (Å²) in [6.07, 6.45) is 12.9. The van der Waals surface area contributed by atoms with E-state index in [9.17, 15) is 0 Å². The van der Waals surface area contributed by atoms with Crippen molar-refractivity contribution in [3.05, 3.63) is 95.7 Å². The number of ether oxygens (including phenoxy) is 2. The second-order valence-corrected chi connectivity index (χ2v) is 8.44. The fourth-order valence-corrected chi connectivity index (χ4v) is 4.13. The van der Waals surface area contributed by atoms with Crippen LogP contribution in [0.4, 0.5) is 22.7 Å². The molecule has 5 rings (SSSR count). The molecule has 0 unspecified atom stereocenters. The maximum atomic E-state index is 6.17. The van der Waals surface area contributed by atoms with Gasteiger partial charge in [-0.3, -0.25) is 9.98 Å². The number of benzene rings is 3. The zero-order valence-corrected chi connectivity index (χ0v) is 20.5. The first-order valence-electron chi connectivity index (χ1n) is 11.8. The maximum absolute atomic E-state index is 6.17. The highest BCUT2D eigenvalue weighted by molar-refractivity contribution is 5.85. The van der Waals surface area contributed by atoms with Crippen molar-refractivity contribution in [3.8, 4) is 24.0 Å². The Morgan fingerprint density at radius 2 is 1.36 bits per heavy atom. The summed E-state index contributed by atoms with van der Waals surface area (Å²) in [4.78, 5) is 12.7. The van der Waals surface area contributed by atoms with Crippen molar-refractivity contribution in [1.29, 1.82) is 0 Å². The molecule has 0 saturated heterocycles. The van der Waals surface area contributed by atoms with Gasteiger partial charge in [0.05, 0.1) is 17.1 Å². The van der Waals surface area contributed by atoms with E-state index >= 15 is 0 Å². The van der Waals surface area contributed by atoms with Gasteiger partial charge in [-0.1, -0.05) is 30.7 Å². The van der Waals surface area contributed by atoms with E-state index in [1.54, 1.807) is 23.4 Å². The number of rotatable bonds is 5. The minimum atomic E-state index is 0.511. The summed E-state index contributed by atoms with van der Waals surface area (Å²) in [5, 5.41) is 0. The molecular formula is C30H26N4O2. The van der Waals surface area contributed by atoms with Crippen molar-refractivity contribution in [2.24, 2.45) is 9.98 Å². The van der Waals surface area contributed by atoms with Crippen molar-refractivity contribution >= 4 is 35.2 Å². The topological polar surface area (TPSA) is 49.7 Å². The van der Waals surface area contributed by atoms with E-state index < -0.39 is 0 Å². The Kier molecular flexibility index (Phi) is 6.29. The number of nitrogens with zero attached hydrogens (tertiary/aromatic N) is 4. The van der Waals surface area contributed by atoms with Crippen LogP contribution in [-0.4, -0.2) is 19.0 Å². The molecule has 0 saturated carbocycles. The van der Waals surface area contributed by atoms with Gasteiger partial charge in [0, 0.05) is 49.3 Å². The first-order chi connectivity index (χ1) is 17.6. The van der Waals surface area contributed by atoms with E-state index in [1.165, 1.54) is 5.56 Å². The van der Waals surface area contributed by atoms with Crippen LogP contribution < -0.4 is 19.3 Å². The van der Waals surface area contributed by atoms with Gasteiger partial charge in [0.15, 0.2) is 11.5 Å². The van der Waals surface area contributed by atoms with Crippen molar-refractivity contribution in [3.63, 3.8) is 0 Å². The fraction of sp³-hybridized carbons (Fsp3) is 0.133. The molecule has 0 amide bonds. The highest BCUT2D eigenvalue weighted by Crippen LogP contribution is 2.49. The molecule has 36 heavy (non-hydrogen) atoms. The zero-order chi connectivity index (χ0) is 25.1. The minimum Gasteiger partial charge on any atom is -0.438 e. The number of anilines is 2. The van der Waals surface area contributed by atoms with Crippen LogP contribution in [0.3, 0.4) is 0 Å². The molecule has 6 nitrogen and oxygen atoms in total. The Morgan fingerprint density at radius 3 is 1.94 bits per heavy atom. The zero-order valence-electron chi connectivity index (χ0n) is 20.5. The van der Waals surface area contributed by atoms with Gasteiger partial charge in [-0.05, 0) is 56.2 Å². The summed E-state index contributed by atoms with van der Waals surface area (Å²) >= 11 is 0. The summed E-state index contributed by atoms with van der Waals surface area (Å²) in [7, 11) is 0. The van der Waals surface area contributed by atoms with Crippen molar-refractivity contribution in [1.82, 2.24) is 0 Å². The molecule has 0 spiro atoms. The van der Waals surface area contributed by atoms with E-state index in [0.717, 1.165) is 34.9 Å². The summed E-state index contributed by atoms with van der Waals surface area (Å²) in [6, 6.07) is 22.6. The molecule has 0 aromatic heterocycles. The number of fused-ring (bicyclic) bond motifs is 2. The molecule has 0 bridgehead atoms. The summed E-state index contributed by atoms with van der Waals surface area (Å²) in [5.41, 5.74) is 5.74. The molecule has 2 aliphatic rings. The van der Waals surface area contributed by atoms with Crippen LogP contribution in [0.2, 0.25) is 0 Å². The largest absolute Gasteiger partial charge is 0.438 e. The normalized spacial score (nSPS) is 16.5. The van der Waals surface area contributed by atoms with Crippen LogP contribution in [-0.2, 0) is 0 Å². The second kappa shape index (κ2) is 9.85. The third-order valence-electron chi connectivity index (χ3n) is 5.82. The standard InChI is InChI=1S/C30H26N4O2/c1-5-33-25-19-28-26(20-27(25)35-29(33)13-15-31-23-11-7-9-21(3)17-23)34(6-2)30(36-28)14-16-32-24-12-8-10-22(4)18-24/h1,7-20H,6H2,2-4H3. The lowest BCUT2D eigenvalue weighted by atomic mass is 10.2. The predicted octanol–water partition coefficient (Wildman–Crippen LogP) is 6.80.